The smallest absolute Gasteiger partial charge is 0.332 e. The minimum absolute atomic E-state index is 0.0434. The fourth-order valence-electron chi connectivity index (χ4n) is 2.09. The van der Waals surface area contributed by atoms with Crippen molar-refractivity contribution in [3.05, 3.63) is 0 Å². The van der Waals surface area contributed by atoms with E-state index in [2.05, 4.69) is 4.90 Å². The van der Waals surface area contributed by atoms with E-state index in [1.165, 1.54) is 0 Å². The highest BCUT2D eigenvalue weighted by Crippen LogP contribution is 2.18. The van der Waals surface area contributed by atoms with Crippen LogP contribution in [0.1, 0.15) is 19.8 Å². The fourth-order valence-corrected chi connectivity index (χ4v) is 2.09. The van der Waals surface area contributed by atoms with E-state index in [0.29, 0.717) is 19.1 Å². The van der Waals surface area contributed by atoms with Crippen LogP contribution < -0.4 is 0 Å². The van der Waals surface area contributed by atoms with Gasteiger partial charge < -0.3 is 19.5 Å². The van der Waals surface area contributed by atoms with Crippen molar-refractivity contribution >= 4 is 5.97 Å². The first-order valence-corrected chi connectivity index (χ1v) is 6.32. The molecule has 1 aliphatic heterocycles. The highest BCUT2D eigenvalue weighted by Gasteiger charge is 2.21. The molecule has 17 heavy (non-hydrogen) atoms. The van der Waals surface area contributed by atoms with Gasteiger partial charge in [-0.2, -0.15) is 0 Å². The van der Waals surface area contributed by atoms with Crippen molar-refractivity contribution in [2.24, 2.45) is 5.92 Å². The molecule has 0 saturated carbocycles. The number of esters is 1. The minimum atomic E-state index is -0.299. The number of aliphatic hydroxyl groups is 1. The first-order chi connectivity index (χ1) is 8.26. The number of carbonyl (C=O) groups is 1. The van der Waals surface area contributed by atoms with Gasteiger partial charge in [-0.05, 0) is 32.2 Å². The van der Waals surface area contributed by atoms with E-state index in [4.69, 9.17) is 14.6 Å². The predicted octanol–water partition coefficient (Wildman–Crippen LogP) is 0.270. The van der Waals surface area contributed by atoms with Crippen LogP contribution in [0.5, 0.6) is 0 Å². The molecular formula is C12H23NO4. The quantitative estimate of drug-likeness (QED) is 0.491. The van der Waals surface area contributed by atoms with Crippen molar-refractivity contribution in [3.63, 3.8) is 0 Å². The van der Waals surface area contributed by atoms with Crippen molar-refractivity contribution in [2.45, 2.75) is 19.8 Å². The molecule has 1 fully saturated rings. The van der Waals surface area contributed by atoms with Crippen LogP contribution in [0, 0.1) is 5.92 Å². The summed E-state index contributed by atoms with van der Waals surface area (Å²) in [6, 6.07) is 0. The molecule has 1 atom stereocenters. The molecule has 0 radical (unpaired) electrons. The normalized spacial score (nSPS) is 20.7. The van der Waals surface area contributed by atoms with E-state index in [1.54, 1.807) is 6.92 Å². The topological polar surface area (TPSA) is 59.0 Å². The Hall–Kier alpha value is -0.650. The van der Waals surface area contributed by atoms with Crippen molar-refractivity contribution in [3.8, 4) is 0 Å². The number of ether oxygens (including phenoxy) is 2. The Bertz CT molecular complexity index is 223. The summed E-state index contributed by atoms with van der Waals surface area (Å²) in [5.41, 5.74) is 0. The molecule has 0 aromatic rings. The molecule has 1 aliphatic rings. The zero-order valence-corrected chi connectivity index (χ0v) is 10.6. The van der Waals surface area contributed by atoms with Gasteiger partial charge in [0.25, 0.3) is 0 Å². The second-order valence-electron chi connectivity index (χ2n) is 4.33. The predicted molar refractivity (Wildman–Crippen MR) is 63.7 cm³/mol. The Morgan fingerprint density at radius 1 is 1.53 bits per heavy atom. The van der Waals surface area contributed by atoms with E-state index in [9.17, 15) is 4.79 Å². The lowest BCUT2D eigenvalue weighted by Gasteiger charge is -2.15. The zero-order valence-electron chi connectivity index (χ0n) is 10.6. The Balaban J connectivity index is 1.98. The van der Waals surface area contributed by atoms with Crippen LogP contribution in [0.25, 0.3) is 0 Å². The third-order valence-corrected chi connectivity index (χ3v) is 2.98. The maximum absolute atomic E-state index is 11.0. The molecule has 100 valence electrons. The summed E-state index contributed by atoms with van der Waals surface area (Å²) < 4.78 is 10.00. The molecule has 0 amide bonds. The maximum atomic E-state index is 11.0. The molecule has 1 heterocycles. The highest BCUT2D eigenvalue weighted by molar-refractivity contribution is 5.70. The lowest BCUT2D eigenvalue weighted by molar-refractivity contribution is -0.148. The van der Waals surface area contributed by atoms with Crippen molar-refractivity contribution in [1.29, 1.82) is 0 Å². The lowest BCUT2D eigenvalue weighted by atomic mass is 10.1. The molecule has 0 aromatic carbocycles. The van der Waals surface area contributed by atoms with E-state index >= 15 is 0 Å². The molecular weight excluding hydrogens is 222 g/mol. The fraction of sp³-hybridized carbons (Fsp3) is 0.917. The number of carbonyl (C=O) groups excluding carboxylic acids is 1. The van der Waals surface area contributed by atoms with Gasteiger partial charge >= 0.3 is 5.97 Å². The van der Waals surface area contributed by atoms with Gasteiger partial charge in [0.15, 0.2) is 0 Å². The Morgan fingerprint density at radius 3 is 3.06 bits per heavy atom. The number of hydrogen-bond acceptors (Lipinski definition) is 5. The molecule has 1 rings (SSSR count). The van der Waals surface area contributed by atoms with Gasteiger partial charge in [0.05, 0.1) is 13.2 Å². The van der Waals surface area contributed by atoms with Crippen molar-refractivity contribution in [1.82, 2.24) is 4.90 Å². The summed E-state index contributed by atoms with van der Waals surface area (Å²) in [5.74, 6) is 0.317. The Kier molecular flexibility index (Phi) is 7.16. The number of aliphatic hydroxyl groups excluding tert-OH is 1. The van der Waals surface area contributed by atoms with Crippen LogP contribution in [0.3, 0.4) is 0 Å². The third-order valence-electron chi connectivity index (χ3n) is 2.98. The van der Waals surface area contributed by atoms with Crippen LogP contribution in [0.15, 0.2) is 0 Å². The van der Waals surface area contributed by atoms with Gasteiger partial charge in [0, 0.05) is 19.7 Å². The molecule has 0 spiro atoms. The van der Waals surface area contributed by atoms with Gasteiger partial charge in [0.1, 0.15) is 6.61 Å². The number of likely N-dealkylation sites (tertiary alicyclic amines) is 1. The average Bonchev–Trinajstić information content (AvgIpc) is 2.73. The number of nitrogens with zero attached hydrogens (tertiary/aromatic N) is 1. The minimum Gasteiger partial charge on any atom is -0.464 e. The summed E-state index contributed by atoms with van der Waals surface area (Å²) in [5, 5.41) is 8.84. The Morgan fingerprint density at radius 2 is 2.35 bits per heavy atom. The van der Waals surface area contributed by atoms with Gasteiger partial charge in [-0.25, -0.2) is 4.79 Å². The number of hydrogen-bond donors (Lipinski definition) is 1. The zero-order chi connectivity index (χ0) is 12.5. The van der Waals surface area contributed by atoms with Gasteiger partial charge in [-0.3, -0.25) is 0 Å². The lowest BCUT2D eigenvalue weighted by Crippen LogP contribution is -2.26. The first-order valence-electron chi connectivity index (χ1n) is 6.32. The van der Waals surface area contributed by atoms with Crippen molar-refractivity contribution in [2.75, 3.05) is 46.1 Å². The second kappa shape index (κ2) is 8.44. The van der Waals surface area contributed by atoms with Crippen LogP contribution >= 0.6 is 0 Å². The summed E-state index contributed by atoms with van der Waals surface area (Å²) in [6.07, 6.45) is 2.04. The van der Waals surface area contributed by atoms with Crippen LogP contribution in [-0.2, 0) is 14.3 Å². The highest BCUT2D eigenvalue weighted by atomic mass is 16.6. The standard InChI is InChI=1S/C12H23NO4/c1-2-17-12(15)10-16-8-6-13-5-3-11(9-13)4-7-14/h11,14H,2-10H2,1H3. The van der Waals surface area contributed by atoms with Gasteiger partial charge in [-0.15, -0.1) is 0 Å². The van der Waals surface area contributed by atoms with Crippen molar-refractivity contribution < 1.29 is 19.4 Å². The van der Waals surface area contributed by atoms with Gasteiger partial charge in [0.2, 0.25) is 0 Å². The summed E-state index contributed by atoms with van der Waals surface area (Å²) >= 11 is 0. The molecule has 5 nitrogen and oxygen atoms in total. The number of rotatable bonds is 8. The molecule has 0 bridgehead atoms. The SMILES string of the molecule is CCOC(=O)COCCN1CCC(CCO)C1. The average molecular weight is 245 g/mol. The van der Waals surface area contributed by atoms with E-state index in [1.807, 2.05) is 0 Å². The van der Waals surface area contributed by atoms with E-state index < -0.39 is 0 Å². The monoisotopic (exact) mass is 245 g/mol. The maximum Gasteiger partial charge on any atom is 0.332 e. The first kappa shape index (κ1) is 14.4. The van der Waals surface area contributed by atoms with Crippen LogP contribution in [0.2, 0.25) is 0 Å². The summed E-state index contributed by atoms with van der Waals surface area (Å²) in [4.78, 5) is 13.3. The molecule has 0 aromatic heterocycles. The molecule has 1 N–H and O–H groups in total. The molecule has 1 saturated heterocycles. The molecule has 5 heteroatoms. The van der Waals surface area contributed by atoms with E-state index in [-0.39, 0.29) is 19.2 Å². The molecule has 1 unspecified atom stereocenters. The van der Waals surface area contributed by atoms with Crippen LogP contribution in [-0.4, -0.2) is 62.0 Å². The Labute approximate surface area is 103 Å². The third kappa shape index (κ3) is 6.00. The largest absolute Gasteiger partial charge is 0.464 e. The van der Waals surface area contributed by atoms with Gasteiger partial charge in [-0.1, -0.05) is 0 Å². The molecule has 0 aliphatic carbocycles. The van der Waals surface area contributed by atoms with E-state index in [0.717, 1.165) is 32.5 Å². The van der Waals surface area contributed by atoms with Crippen LogP contribution in [0.4, 0.5) is 0 Å². The summed E-state index contributed by atoms with van der Waals surface area (Å²) in [6.45, 7) is 6.00. The second-order valence-corrected chi connectivity index (χ2v) is 4.33. The summed E-state index contributed by atoms with van der Waals surface area (Å²) in [7, 11) is 0.